The molecule has 1 rings (SSSR count). The topological polar surface area (TPSA) is 64.3 Å². The Morgan fingerprint density at radius 3 is 2.62 bits per heavy atom. The van der Waals surface area contributed by atoms with Gasteiger partial charge in [0.1, 0.15) is 5.75 Å². The Hall–Kier alpha value is -1.55. The summed E-state index contributed by atoms with van der Waals surface area (Å²) < 4.78 is 5.87. The van der Waals surface area contributed by atoms with Crippen LogP contribution in [0.4, 0.5) is 0 Å². The zero-order chi connectivity index (χ0) is 15.8. The van der Waals surface area contributed by atoms with Crippen LogP contribution in [-0.4, -0.2) is 25.1 Å². The average Bonchev–Trinajstić information content (AvgIpc) is 2.43. The van der Waals surface area contributed by atoms with Gasteiger partial charge in [-0.2, -0.15) is 0 Å². The number of nitrogens with two attached hydrogens (primary N) is 1. The van der Waals surface area contributed by atoms with Crippen LogP contribution in [0.25, 0.3) is 0 Å². The van der Waals surface area contributed by atoms with E-state index in [9.17, 15) is 4.79 Å². The van der Waals surface area contributed by atoms with Gasteiger partial charge in [0.2, 0.25) is 0 Å². The second-order valence-corrected chi connectivity index (χ2v) is 5.74. The summed E-state index contributed by atoms with van der Waals surface area (Å²) in [6.07, 6.45) is 1.32. The summed E-state index contributed by atoms with van der Waals surface area (Å²) in [5, 5.41) is 2.88. The first-order chi connectivity index (χ1) is 9.95. The van der Waals surface area contributed by atoms with Gasteiger partial charge in [0.05, 0.1) is 0 Å². The van der Waals surface area contributed by atoms with Crippen molar-refractivity contribution in [3.8, 4) is 5.75 Å². The minimum Gasteiger partial charge on any atom is -0.481 e. The van der Waals surface area contributed by atoms with Gasteiger partial charge < -0.3 is 15.8 Å². The standard InChI is InChI=1S/C17H28N2O2/c1-12(2)15-8-7-13(3)11-16(15)21-14(4)17(20)19-10-6-5-9-18/h7-8,11-12,14H,5-6,9-10,18H2,1-4H3,(H,19,20). The molecule has 0 saturated carbocycles. The van der Waals surface area contributed by atoms with E-state index in [2.05, 4.69) is 31.3 Å². The van der Waals surface area contributed by atoms with E-state index < -0.39 is 6.10 Å². The Labute approximate surface area is 128 Å². The Bertz CT molecular complexity index is 458. The van der Waals surface area contributed by atoms with Gasteiger partial charge in [-0.25, -0.2) is 0 Å². The molecule has 4 nitrogen and oxygen atoms in total. The number of carbonyl (C=O) groups excluding carboxylic acids is 1. The van der Waals surface area contributed by atoms with Gasteiger partial charge in [-0.3, -0.25) is 4.79 Å². The lowest BCUT2D eigenvalue weighted by molar-refractivity contribution is -0.127. The van der Waals surface area contributed by atoms with Crippen LogP contribution in [0.5, 0.6) is 5.75 Å². The SMILES string of the molecule is Cc1ccc(C(C)C)c(OC(C)C(=O)NCCCCN)c1. The lowest BCUT2D eigenvalue weighted by atomic mass is 10.0. The van der Waals surface area contributed by atoms with E-state index >= 15 is 0 Å². The molecule has 1 unspecified atom stereocenters. The van der Waals surface area contributed by atoms with E-state index in [0.717, 1.165) is 29.7 Å². The number of carbonyl (C=O) groups is 1. The molecule has 0 spiro atoms. The highest BCUT2D eigenvalue weighted by Gasteiger charge is 2.17. The lowest BCUT2D eigenvalue weighted by Crippen LogP contribution is -2.37. The number of amides is 1. The molecular formula is C17H28N2O2. The summed E-state index contributed by atoms with van der Waals surface area (Å²) in [5.74, 6) is 1.08. The van der Waals surface area contributed by atoms with E-state index in [1.807, 2.05) is 13.0 Å². The molecule has 0 aromatic heterocycles. The first-order valence-corrected chi connectivity index (χ1v) is 7.70. The maximum atomic E-state index is 12.0. The summed E-state index contributed by atoms with van der Waals surface area (Å²) in [6.45, 7) is 9.35. The smallest absolute Gasteiger partial charge is 0.260 e. The van der Waals surface area contributed by atoms with Gasteiger partial charge in [-0.1, -0.05) is 26.0 Å². The first kappa shape index (κ1) is 17.5. The molecule has 21 heavy (non-hydrogen) atoms. The van der Waals surface area contributed by atoms with Crippen LogP contribution in [0.1, 0.15) is 50.7 Å². The van der Waals surface area contributed by atoms with E-state index in [1.54, 1.807) is 6.92 Å². The van der Waals surface area contributed by atoms with Crippen molar-refractivity contribution >= 4 is 5.91 Å². The highest BCUT2D eigenvalue weighted by Crippen LogP contribution is 2.28. The quantitative estimate of drug-likeness (QED) is 0.724. The van der Waals surface area contributed by atoms with Crippen LogP contribution >= 0.6 is 0 Å². The van der Waals surface area contributed by atoms with Crippen molar-refractivity contribution < 1.29 is 9.53 Å². The lowest BCUT2D eigenvalue weighted by Gasteiger charge is -2.19. The zero-order valence-electron chi connectivity index (χ0n) is 13.6. The summed E-state index contributed by atoms with van der Waals surface area (Å²) in [5.41, 5.74) is 7.69. The Kier molecular flexibility index (Phi) is 7.23. The molecule has 3 N–H and O–H groups in total. The summed E-state index contributed by atoms with van der Waals surface area (Å²) in [7, 11) is 0. The Morgan fingerprint density at radius 1 is 1.29 bits per heavy atom. The number of hydrogen-bond donors (Lipinski definition) is 2. The minimum absolute atomic E-state index is 0.0803. The number of benzene rings is 1. The molecule has 0 fully saturated rings. The molecule has 0 heterocycles. The van der Waals surface area contributed by atoms with Crippen LogP contribution in [0.15, 0.2) is 18.2 Å². The molecule has 1 atom stereocenters. The van der Waals surface area contributed by atoms with Gasteiger partial charge in [-0.15, -0.1) is 0 Å². The van der Waals surface area contributed by atoms with Crippen LogP contribution in [0.3, 0.4) is 0 Å². The van der Waals surface area contributed by atoms with Gasteiger partial charge in [0, 0.05) is 6.54 Å². The summed E-state index contributed by atoms with van der Waals surface area (Å²) in [4.78, 5) is 12.0. The largest absolute Gasteiger partial charge is 0.481 e. The van der Waals surface area contributed by atoms with E-state index in [1.165, 1.54) is 0 Å². The fourth-order valence-corrected chi connectivity index (χ4v) is 2.09. The second-order valence-electron chi connectivity index (χ2n) is 5.74. The van der Waals surface area contributed by atoms with Crippen molar-refractivity contribution in [1.82, 2.24) is 5.32 Å². The van der Waals surface area contributed by atoms with E-state index in [4.69, 9.17) is 10.5 Å². The molecule has 0 bridgehead atoms. The van der Waals surface area contributed by atoms with Crippen LogP contribution in [0.2, 0.25) is 0 Å². The highest BCUT2D eigenvalue weighted by atomic mass is 16.5. The van der Waals surface area contributed by atoms with Crippen molar-refractivity contribution in [1.29, 1.82) is 0 Å². The van der Waals surface area contributed by atoms with Gasteiger partial charge in [0.25, 0.3) is 5.91 Å². The number of rotatable bonds is 8. The molecule has 118 valence electrons. The minimum atomic E-state index is -0.498. The highest BCUT2D eigenvalue weighted by molar-refractivity contribution is 5.80. The molecule has 4 heteroatoms. The molecule has 0 aliphatic heterocycles. The number of unbranched alkanes of at least 4 members (excludes halogenated alkanes) is 1. The van der Waals surface area contributed by atoms with Gasteiger partial charge in [-0.05, 0) is 56.3 Å². The predicted molar refractivity (Wildman–Crippen MR) is 86.7 cm³/mol. The zero-order valence-corrected chi connectivity index (χ0v) is 13.6. The third-order valence-electron chi connectivity index (χ3n) is 3.39. The Morgan fingerprint density at radius 2 is 2.00 bits per heavy atom. The van der Waals surface area contributed by atoms with Crippen molar-refractivity contribution in [2.24, 2.45) is 5.73 Å². The monoisotopic (exact) mass is 292 g/mol. The van der Waals surface area contributed by atoms with Crippen molar-refractivity contribution in [2.45, 2.75) is 52.6 Å². The second kappa shape index (κ2) is 8.67. The third kappa shape index (κ3) is 5.76. The van der Waals surface area contributed by atoms with Crippen molar-refractivity contribution in [3.63, 3.8) is 0 Å². The van der Waals surface area contributed by atoms with Gasteiger partial charge in [0.15, 0.2) is 6.10 Å². The molecule has 1 amide bonds. The summed E-state index contributed by atoms with van der Waals surface area (Å²) >= 11 is 0. The van der Waals surface area contributed by atoms with E-state index in [0.29, 0.717) is 19.0 Å². The number of aryl methyl sites for hydroxylation is 1. The Balaban J connectivity index is 2.63. The number of nitrogens with one attached hydrogen (secondary N) is 1. The maximum Gasteiger partial charge on any atom is 0.260 e. The first-order valence-electron chi connectivity index (χ1n) is 7.70. The molecule has 0 aliphatic rings. The van der Waals surface area contributed by atoms with Gasteiger partial charge >= 0.3 is 0 Å². The fourth-order valence-electron chi connectivity index (χ4n) is 2.09. The van der Waals surface area contributed by atoms with E-state index in [-0.39, 0.29) is 5.91 Å². The number of hydrogen-bond acceptors (Lipinski definition) is 3. The van der Waals surface area contributed by atoms with Crippen LogP contribution in [-0.2, 0) is 4.79 Å². The molecular weight excluding hydrogens is 264 g/mol. The van der Waals surface area contributed by atoms with Crippen LogP contribution < -0.4 is 15.8 Å². The maximum absolute atomic E-state index is 12.0. The summed E-state index contributed by atoms with van der Waals surface area (Å²) in [6, 6.07) is 6.13. The molecule has 0 aliphatic carbocycles. The predicted octanol–water partition coefficient (Wildman–Crippen LogP) is 2.74. The molecule has 1 aromatic rings. The fraction of sp³-hybridized carbons (Fsp3) is 0.588. The molecule has 1 aromatic carbocycles. The molecule has 0 saturated heterocycles. The van der Waals surface area contributed by atoms with Crippen molar-refractivity contribution in [2.75, 3.05) is 13.1 Å². The van der Waals surface area contributed by atoms with Crippen LogP contribution in [0, 0.1) is 6.92 Å². The molecule has 0 radical (unpaired) electrons. The average molecular weight is 292 g/mol. The number of ether oxygens (including phenoxy) is 1. The third-order valence-corrected chi connectivity index (χ3v) is 3.39. The normalized spacial score (nSPS) is 12.3. The van der Waals surface area contributed by atoms with Crippen molar-refractivity contribution in [3.05, 3.63) is 29.3 Å².